The lowest BCUT2D eigenvalue weighted by atomic mass is 10.2. The maximum absolute atomic E-state index is 5.99. The van der Waals surface area contributed by atoms with Gasteiger partial charge in [-0.15, -0.1) is 0 Å². The molecule has 7 heteroatoms. The summed E-state index contributed by atoms with van der Waals surface area (Å²) in [5, 5.41) is 8.10. The molecule has 3 heterocycles. The first-order valence-corrected chi connectivity index (χ1v) is 8.86. The van der Waals surface area contributed by atoms with E-state index in [2.05, 4.69) is 20.6 Å². The van der Waals surface area contributed by atoms with Crippen LogP contribution in [0.4, 0.5) is 0 Å². The largest absolute Gasteiger partial charge is 0.355 e. The number of thioether (sulfide) groups is 1. The molecule has 2 N–H and O–H groups in total. The summed E-state index contributed by atoms with van der Waals surface area (Å²) in [7, 11) is 1.79. The van der Waals surface area contributed by atoms with E-state index in [4.69, 9.17) is 11.6 Å². The fourth-order valence-corrected chi connectivity index (χ4v) is 3.88. The van der Waals surface area contributed by atoms with E-state index < -0.39 is 0 Å². The fourth-order valence-electron chi connectivity index (χ4n) is 2.51. The van der Waals surface area contributed by atoms with Gasteiger partial charge in [0.05, 0.1) is 17.3 Å². The highest BCUT2D eigenvalue weighted by molar-refractivity contribution is 8.00. The SMILES string of the molecule is CN=C(NCc1cn2cc(Cl)ccc2n1)NCC1CCCS1. The van der Waals surface area contributed by atoms with Crippen LogP contribution >= 0.6 is 23.4 Å². The molecule has 1 fully saturated rings. The van der Waals surface area contributed by atoms with Crippen LogP contribution in [-0.4, -0.2) is 39.9 Å². The summed E-state index contributed by atoms with van der Waals surface area (Å²) in [6.07, 6.45) is 6.46. The zero-order chi connectivity index (χ0) is 15.4. The van der Waals surface area contributed by atoms with Crippen molar-refractivity contribution in [3.63, 3.8) is 0 Å². The van der Waals surface area contributed by atoms with E-state index in [0.29, 0.717) is 16.8 Å². The van der Waals surface area contributed by atoms with Crippen molar-refractivity contribution in [2.75, 3.05) is 19.3 Å². The van der Waals surface area contributed by atoms with E-state index >= 15 is 0 Å². The Hall–Kier alpha value is -1.40. The summed E-state index contributed by atoms with van der Waals surface area (Å²) in [5.74, 6) is 2.10. The standard InChI is InChI=1S/C15H20ClN5S/c1-17-15(19-8-13-3-2-6-22-13)18-7-12-10-21-9-11(16)4-5-14(21)20-12/h4-5,9-10,13H,2-3,6-8H2,1H3,(H2,17,18,19). The second kappa shape index (κ2) is 7.24. The van der Waals surface area contributed by atoms with Crippen molar-refractivity contribution in [1.82, 2.24) is 20.0 Å². The zero-order valence-electron chi connectivity index (χ0n) is 12.6. The van der Waals surface area contributed by atoms with Crippen molar-refractivity contribution in [1.29, 1.82) is 0 Å². The minimum Gasteiger partial charge on any atom is -0.355 e. The van der Waals surface area contributed by atoms with E-state index in [1.807, 2.05) is 40.7 Å². The molecule has 0 saturated carbocycles. The number of pyridine rings is 1. The summed E-state index contributed by atoms with van der Waals surface area (Å²) in [4.78, 5) is 8.81. The second-order valence-electron chi connectivity index (χ2n) is 5.29. The molecule has 3 rings (SSSR count). The number of nitrogens with one attached hydrogen (secondary N) is 2. The molecule has 118 valence electrons. The van der Waals surface area contributed by atoms with Crippen molar-refractivity contribution < 1.29 is 0 Å². The normalized spacial score (nSPS) is 18.8. The molecule has 5 nitrogen and oxygen atoms in total. The Bertz CT molecular complexity index is 663. The number of nitrogens with zero attached hydrogens (tertiary/aromatic N) is 3. The van der Waals surface area contributed by atoms with Crippen molar-refractivity contribution in [3.05, 3.63) is 35.2 Å². The molecular weight excluding hydrogens is 318 g/mol. The summed E-state index contributed by atoms with van der Waals surface area (Å²) in [5.41, 5.74) is 1.85. The lowest BCUT2D eigenvalue weighted by Crippen LogP contribution is -2.39. The summed E-state index contributed by atoms with van der Waals surface area (Å²) in [6.45, 7) is 1.60. The third-order valence-corrected chi connectivity index (χ3v) is 5.27. The lowest BCUT2D eigenvalue weighted by Gasteiger charge is -2.14. The lowest BCUT2D eigenvalue weighted by molar-refractivity contribution is 0.724. The Labute approximate surface area is 139 Å². The van der Waals surface area contributed by atoms with Crippen LogP contribution in [0.5, 0.6) is 0 Å². The third kappa shape index (κ3) is 3.87. The van der Waals surface area contributed by atoms with E-state index in [-0.39, 0.29) is 0 Å². The third-order valence-electron chi connectivity index (χ3n) is 3.65. The molecule has 0 bridgehead atoms. The van der Waals surface area contributed by atoms with Gasteiger partial charge in [-0.3, -0.25) is 4.99 Å². The molecule has 0 aliphatic carbocycles. The predicted octanol–water partition coefficient (Wildman–Crippen LogP) is 2.55. The molecule has 22 heavy (non-hydrogen) atoms. The molecule has 2 aromatic heterocycles. The Morgan fingerprint density at radius 2 is 2.36 bits per heavy atom. The maximum atomic E-state index is 5.99. The number of hydrogen-bond donors (Lipinski definition) is 2. The van der Waals surface area contributed by atoms with Crippen molar-refractivity contribution >= 4 is 35.0 Å². The number of rotatable bonds is 4. The average molecular weight is 338 g/mol. The molecule has 1 saturated heterocycles. The molecule has 1 aliphatic heterocycles. The monoisotopic (exact) mass is 337 g/mol. The van der Waals surface area contributed by atoms with Gasteiger partial charge >= 0.3 is 0 Å². The highest BCUT2D eigenvalue weighted by atomic mass is 35.5. The van der Waals surface area contributed by atoms with Gasteiger partial charge in [-0.2, -0.15) is 11.8 Å². The van der Waals surface area contributed by atoms with Gasteiger partial charge in [-0.1, -0.05) is 11.6 Å². The Kier molecular flexibility index (Phi) is 5.10. The Morgan fingerprint density at radius 1 is 1.45 bits per heavy atom. The van der Waals surface area contributed by atoms with Gasteiger partial charge in [0, 0.05) is 31.2 Å². The van der Waals surface area contributed by atoms with Gasteiger partial charge in [0.15, 0.2) is 5.96 Å². The molecule has 0 amide bonds. The molecule has 0 aromatic carbocycles. The summed E-state index contributed by atoms with van der Waals surface area (Å²) < 4.78 is 1.94. The molecular formula is C15H20ClN5S. The van der Waals surface area contributed by atoms with Crippen molar-refractivity contribution in [2.24, 2.45) is 4.99 Å². The van der Waals surface area contributed by atoms with Crippen molar-refractivity contribution in [3.8, 4) is 0 Å². The molecule has 1 unspecified atom stereocenters. The van der Waals surface area contributed by atoms with Crippen LogP contribution in [0.15, 0.2) is 29.5 Å². The molecule has 0 radical (unpaired) electrons. The molecule has 2 aromatic rings. The van der Waals surface area contributed by atoms with Crippen LogP contribution in [0, 0.1) is 0 Å². The number of hydrogen-bond acceptors (Lipinski definition) is 3. The van der Waals surface area contributed by atoms with Gasteiger partial charge in [0.2, 0.25) is 0 Å². The summed E-state index contributed by atoms with van der Waals surface area (Å²) in [6, 6.07) is 3.76. The van der Waals surface area contributed by atoms with E-state index in [0.717, 1.165) is 23.8 Å². The Balaban J connectivity index is 1.54. The topological polar surface area (TPSA) is 53.7 Å². The zero-order valence-corrected chi connectivity index (χ0v) is 14.1. The first-order chi connectivity index (χ1) is 10.7. The van der Waals surface area contributed by atoms with Gasteiger partial charge in [-0.25, -0.2) is 4.98 Å². The van der Waals surface area contributed by atoms with Crippen LogP contribution in [0.1, 0.15) is 18.5 Å². The van der Waals surface area contributed by atoms with E-state index in [1.54, 1.807) is 7.05 Å². The molecule has 0 spiro atoms. The van der Waals surface area contributed by atoms with Crippen LogP contribution in [-0.2, 0) is 6.54 Å². The van der Waals surface area contributed by atoms with Gasteiger partial charge < -0.3 is 15.0 Å². The van der Waals surface area contributed by atoms with Crippen molar-refractivity contribution in [2.45, 2.75) is 24.6 Å². The van der Waals surface area contributed by atoms with Crippen LogP contribution < -0.4 is 10.6 Å². The molecule has 1 atom stereocenters. The quantitative estimate of drug-likeness (QED) is 0.665. The highest BCUT2D eigenvalue weighted by Crippen LogP contribution is 2.25. The second-order valence-corrected chi connectivity index (χ2v) is 7.13. The summed E-state index contributed by atoms with van der Waals surface area (Å²) >= 11 is 8.03. The number of aromatic nitrogens is 2. The number of aliphatic imine (C=N–C) groups is 1. The van der Waals surface area contributed by atoms with Crippen LogP contribution in [0.2, 0.25) is 5.02 Å². The number of fused-ring (bicyclic) bond motifs is 1. The smallest absolute Gasteiger partial charge is 0.191 e. The molecule has 1 aliphatic rings. The highest BCUT2D eigenvalue weighted by Gasteiger charge is 2.15. The number of guanidine groups is 1. The minimum absolute atomic E-state index is 0.636. The van der Waals surface area contributed by atoms with Gasteiger partial charge in [0.1, 0.15) is 5.65 Å². The Morgan fingerprint density at radius 3 is 3.14 bits per heavy atom. The minimum atomic E-state index is 0.636. The fraction of sp³-hybridized carbons (Fsp3) is 0.467. The van der Waals surface area contributed by atoms with E-state index in [9.17, 15) is 0 Å². The number of imidazole rings is 1. The van der Waals surface area contributed by atoms with Gasteiger partial charge in [-0.05, 0) is 30.7 Å². The van der Waals surface area contributed by atoms with Crippen LogP contribution in [0.3, 0.4) is 0 Å². The number of halogens is 1. The van der Waals surface area contributed by atoms with Crippen LogP contribution in [0.25, 0.3) is 5.65 Å². The maximum Gasteiger partial charge on any atom is 0.191 e. The average Bonchev–Trinajstić information content (AvgIpc) is 3.16. The first-order valence-electron chi connectivity index (χ1n) is 7.44. The van der Waals surface area contributed by atoms with E-state index in [1.165, 1.54) is 18.6 Å². The predicted molar refractivity (Wildman–Crippen MR) is 93.9 cm³/mol. The first kappa shape index (κ1) is 15.5. The van der Waals surface area contributed by atoms with Gasteiger partial charge in [0.25, 0.3) is 0 Å².